The fourth-order valence-corrected chi connectivity index (χ4v) is 2.82. The van der Waals surface area contributed by atoms with Gasteiger partial charge in [-0.3, -0.25) is 0 Å². The summed E-state index contributed by atoms with van der Waals surface area (Å²) in [7, 11) is 1.71. The average Bonchev–Trinajstić information content (AvgIpc) is 2.78. The molecular formula is C13H18BrNO. The van der Waals surface area contributed by atoms with Crippen molar-refractivity contribution < 1.29 is 4.74 Å². The van der Waals surface area contributed by atoms with Crippen molar-refractivity contribution in [1.82, 2.24) is 5.32 Å². The Morgan fingerprint density at radius 3 is 2.94 bits per heavy atom. The zero-order valence-corrected chi connectivity index (χ0v) is 11.4. The second-order valence-corrected chi connectivity index (χ2v) is 5.16. The topological polar surface area (TPSA) is 21.3 Å². The van der Waals surface area contributed by atoms with Gasteiger partial charge in [-0.1, -0.05) is 6.07 Å². The van der Waals surface area contributed by atoms with Crippen molar-refractivity contribution in [2.75, 3.05) is 13.7 Å². The fourth-order valence-electron chi connectivity index (χ4n) is 2.28. The normalized spacial score (nSPS) is 20.1. The lowest BCUT2D eigenvalue weighted by atomic mass is 10.00. The Balaban J connectivity index is 2.18. The van der Waals surface area contributed by atoms with Gasteiger partial charge in [0.25, 0.3) is 0 Å². The second-order valence-electron chi connectivity index (χ2n) is 4.36. The highest BCUT2D eigenvalue weighted by atomic mass is 79.9. The number of hydrogen-bond acceptors (Lipinski definition) is 2. The van der Waals surface area contributed by atoms with Crippen LogP contribution >= 0.6 is 15.9 Å². The van der Waals surface area contributed by atoms with Gasteiger partial charge in [-0.05, 0) is 65.9 Å². The van der Waals surface area contributed by atoms with Crippen molar-refractivity contribution in [3.05, 3.63) is 27.7 Å². The molecule has 2 rings (SSSR count). The molecule has 0 amide bonds. The number of ether oxygens (including phenoxy) is 1. The molecule has 1 saturated heterocycles. The molecule has 1 heterocycles. The second kappa shape index (κ2) is 5.19. The maximum Gasteiger partial charge on any atom is 0.133 e. The number of methoxy groups -OCH3 is 1. The van der Waals surface area contributed by atoms with Gasteiger partial charge in [-0.15, -0.1) is 0 Å². The van der Waals surface area contributed by atoms with E-state index in [1.165, 1.54) is 30.5 Å². The van der Waals surface area contributed by atoms with Gasteiger partial charge < -0.3 is 10.1 Å². The molecule has 1 fully saturated rings. The Kier molecular flexibility index (Phi) is 3.87. The first-order valence-corrected chi connectivity index (χ1v) is 6.57. The molecule has 1 aromatic rings. The number of hydrogen-bond donors (Lipinski definition) is 1. The quantitative estimate of drug-likeness (QED) is 0.921. The van der Waals surface area contributed by atoms with Gasteiger partial charge in [0.1, 0.15) is 5.75 Å². The van der Waals surface area contributed by atoms with Crippen LogP contribution in [0.5, 0.6) is 5.75 Å². The molecular weight excluding hydrogens is 266 g/mol. The van der Waals surface area contributed by atoms with Gasteiger partial charge >= 0.3 is 0 Å². The SMILES string of the molecule is COc1ccc(CC2CCCN2)c(C)c1Br. The summed E-state index contributed by atoms with van der Waals surface area (Å²) in [5.41, 5.74) is 2.71. The molecule has 16 heavy (non-hydrogen) atoms. The molecule has 0 spiro atoms. The van der Waals surface area contributed by atoms with Crippen LogP contribution in [-0.4, -0.2) is 19.7 Å². The number of benzene rings is 1. The van der Waals surface area contributed by atoms with Crippen LogP contribution in [-0.2, 0) is 6.42 Å². The van der Waals surface area contributed by atoms with Crippen molar-refractivity contribution >= 4 is 15.9 Å². The van der Waals surface area contributed by atoms with Crippen LogP contribution in [0.1, 0.15) is 24.0 Å². The third-order valence-electron chi connectivity index (χ3n) is 3.31. The first-order valence-electron chi connectivity index (χ1n) is 5.77. The summed E-state index contributed by atoms with van der Waals surface area (Å²) >= 11 is 3.60. The average molecular weight is 284 g/mol. The summed E-state index contributed by atoms with van der Waals surface area (Å²) in [6.07, 6.45) is 3.72. The van der Waals surface area contributed by atoms with Gasteiger partial charge in [-0.2, -0.15) is 0 Å². The number of nitrogens with one attached hydrogen (secondary N) is 1. The van der Waals surface area contributed by atoms with Crippen LogP contribution in [0.4, 0.5) is 0 Å². The predicted molar refractivity (Wildman–Crippen MR) is 70.2 cm³/mol. The van der Waals surface area contributed by atoms with Crippen LogP contribution in [0.15, 0.2) is 16.6 Å². The summed E-state index contributed by atoms with van der Waals surface area (Å²) in [6, 6.07) is 4.87. The van der Waals surface area contributed by atoms with Crippen LogP contribution < -0.4 is 10.1 Å². The first kappa shape index (κ1) is 11.9. The Morgan fingerprint density at radius 1 is 1.50 bits per heavy atom. The monoisotopic (exact) mass is 283 g/mol. The van der Waals surface area contributed by atoms with E-state index in [4.69, 9.17) is 4.74 Å². The molecule has 1 aromatic carbocycles. The molecule has 3 heteroatoms. The summed E-state index contributed by atoms with van der Waals surface area (Å²) in [6.45, 7) is 3.32. The maximum atomic E-state index is 5.29. The lowest BCUT2D eigenvalue weighted by Gasteiger charge is -2.15. The van der Waals surface area contributed by atoms with Crippen LogP contribution in [0.25, 0.3) is 0 Å². The molecule has 1 atom stereocenters. The first-order chi connectivity index (χ1) is 7.72. The summed E-state index contributed by atoms with van der Waals surface area (Å²) in [5.74, 6) is 0.917. The van der Waals surface area contributed by atoms with E-state index in [2.05, 4.69) is 34.2 Å². The van der Waals surface area contributed by atoms with Gasteiger partial charge in [0, 0.05) is 6.04 Å². The van der Waals surface area contributed by atoms with Gasteiger partial charge in [-0.25, -0.2) is 0 Å². The van der Waals surface area contributed by atoms with Gasteiger partial charge in [0.15, 0.2) is 0 Å². The minimum atomic E-state index is 0.652. The molecule has 1 N–H and O–H groups in total. The molecule has 1 aliphatic heterocycles. The molecule has 0 saturated carbocycles. The van der Waals surface area contributed by atoms with E-state index in [0.29, 0.717) is 6.04 Å². The van der Waals surface area contributed by atoms with E-state index < -0.39 is 0 Å². The largest absolute Gasteiger partial charge is 0.496 e. The zero-order valence-electron chi connectivity index (χ0n) is 9.85. The summed E-state index contributed by atoms with van der Waals surface area (Å²) in [5, 5.41) is 3.53. The Morgan fingerprint density at radius 2 is 2.31 bits per heavy atom. The maximum absolute atomic E-state index is 5.29. The highest BCUT2D eigenvalue weighted by Gasteiger charge is 2.16. The highest BCUT2D eigenvalue weighted by Crippen LogP contribution is 2.31. The molecule has 1 aliphatic rings. The minimum absolute atomic E-state index is 0.652. The number of halogens is 1. The Bertz CT molecular complexity index is 372. The molecule has 2 nitrogen and oxygen atoms in total. The van der Waals surface area contributed by atoms with E-state index in [-0.39, 0.29) is 0 Å². The fraction of sp³-hybridized carbons (Fsp3) is 0.538. The third kappa shape index (κ3) is 2.41. The molecule has 0 bridgehead atoms. The van der Waals surface area contributed by atoms with Crippen LogP contribution in [0.2, 0.25) is 0 Å². The lowest BCUT2D eigenvalue weighted by molar-refractivity contribution is 0.411. The zero-order chi connectivity index (χ0) is 11.5. The van der Waals surface area contributed by atoms with Gasteiger partial charge in [0.05, 0.1) is 11.6 Å². The van der Waals surface area contributed by atoms with Gasteiger partial charge in [0.2, 0.25) is 0 Å². The summed E-state index contributed by atoms with van der Waals surface area (Å²) in [4.78, 5) is 0. The summed E-state index contributed by atoms with van der Waals surface area (Å²) < 4.78 is 6.38. The van der Waals surface area contributed by atoms with Crippen LogP contribution in [0.3, 0.4) is 0 Å². The van der Waals surface area contributed by atoms with E-state index >= 15 is 0 Å². The van der Waals surface area contributed by atoms with E-state index in [9.17, 15) is 0 Å². The highest BCUT2D eigenvalue weighted by molar-refractivity contribution is 9.10. The molecule has 88 valence electrons. The van der Waals surface area contributed by atoms with E-state index in [0.717, 1.165) is 16.6 Å². The van der Waals surface area contributed by atoms with Crippen LogP contribution in [0, 0.1) is 6.92 Å². The predicted octanol–water partition coefficient (Wildman–Crippen LogP) is 3.06. The molecule has 1 unspecified atom stereocenters. The number of rotatable bonds is 3. The standard InChI is InChI=1S/C13H18BrNO/c1-9-10(8-11-4-3-7-15-11)5-6-12(16-2)13(9)14/h5-6,11,15H,3-4,7-8H2,1-2H3. The Hall–Kier alpha value is -0.540. The van der Waals surface area contributed by atoms with Crippen molar-refractivity contribution in [2.45, 2.75) is 32.2 Å². The molecule has 0 aliphatic carbocycles. The lowest BCUT2D eigenvalue weighted by Crippen LogP contribution is -2.24. The van der Waals surface area contributed by atoms with Crippen molar-refractivity contribution in [3.63, 3.8) is 0 Å². The van der Waals surface area contributed by atoms with E-state index in [1.807, 2.05) is 6.07 Å². The Labute approximate surface area is 106 Å². The van der Waals surface area contributed by atoms with Crippen molar-refractivity contribution in [3.8, 4) is 5.75 Å². The third-order valence-corrected chi connectivity index (χ3v) is 4.30. The van der Waals surface area contributed by atoms with Crippen molar-refractivity contribution in [2.24, 2.45) is 0 Å². The van der Waals surface area contributed by atoms with E-state index in [1.54, 1.807) is 7.11 Å². The smallest absolute Gasteiger partial charge is 0.133 e. The van der Waals surface area contributed by atoms with Crippen molar-refractivity contribution in [1.29, 1.82) is 0 Å². The minimum Gasteiger partial charge on any atom is -0.496 e. The molecule has 0 aromatic heterocycles. The molecule has 0 radical (unpaired) electrons.